The van der Waals surface area contributed by atoms with E-state index in [0.717, 1.165) is 19.0 Å². The Hall–Kier alpha value is -1.98. The van der Waals surface area contributed by atoms with E-state index < -0.39 is 5.82 Å². The summed E-state index contributed by atoms with van der Waals surface area (Å²) < 4.78 is 13.5. The van der Waals surface area contributed by atoms with Crippen molar-refractivity contribution in [1.82, 2.24) is 15.2 Å². The van der Waals surface area contributed by atoms with Gasteiger partial charge in [0.1, 0.15) is 0 Å². The molecule has 0 saturated carbocycles. The van der Waals surface area contributed by atoms with E-state index in [2.05, 4.69) is 10.3 Å². The minimum atomic E-state index is -0.617. The van der Waals surface area contributed by atoms with Gasteiger partial charge in [-0.05, 0) is 18.9 Å². The summed E-state index contributed by atoms with van der Waals surface area (Å²) in [5.41, 5.74) is 0.0264. The van der Waals surface area contributed by atoms with Crippen LogP contribution in [0.1, 0.15) is 30.1 Å². The highest BCUT2D eigenvalue weighted by Crippen LogP contribution is 2.15. The zero-order valence-electron chi connectivity index (χ0n) is 10.7. The van der Waals surface area contributed by atoms with Crippen molar-refractivity contribution in [1.29, 1.82) is 0 Å². The van der Waals surface area contributed by atoms with Crippen LogP contribution in [0.15, 0.2) is 18.5 Å². The Morgan fingerprint density at radius 1 is 1.53 bits per heavy atom. The van der Waals surface area contributed by atoms with Crippen LogP contribution >= 0.6 is 0 Å². The van der Waals surface area contributed by atoms with E-state index in [1.165, 1.54) is 19.2 Å². The fraction of sp³-hybridized carbons (Fsp3) is 0.462. The number of nitrogens with zero attached hydrogens (tertiary/aromatic N) is 2. The number of aromatic nitrogens is 1. The van der Waals surface area contributed by atoms with E-state index in [9.17, 15) is 14.0 Å². The molecule has 1 fully saturated rings. The number of hydrogen-bond donors (Lipinski definition) is 1. The van der Waals surface area contributed by atoms with Crippen molar-refractivity contribution in [3.8, 4) is 0 Å². The summed E-state index contributed by atoms with van der Waals surface area (Å²) in [6, 6.07) is 1.32. The molecule has 102 valence electrons. The van der Waals surface area contributed by atoms with Gasteiger partial charge in [0, 0.05) is 32.3 Å². The summed E-state index contributed by atoms with van der Waals surface area (Å²) in [6.45, 7) is 2.44. The number of nitrogens with one attached hydrogen (secondary N) is 1. The average Bonchev–Trinajstić information content (AvgIpc) is 2.38. The third kappa shape index (κ3) is 3.27. The van der Waals surface area contributed by atoms with Crippen molar-refractivity contribution in [2.75, 3.05) is 13.1 Å². The fourth-order valence-electron chi connectivity index (χ4n) is 2.29. The average molecular weight is 265 g/mol. The number of piperidine rings is 1. The smallest absolute Gasteiger partial charge is 0.257 e. The lowest BCUT2D eigenvalue weighted by Crippen LogP contribution is -2.49. The lowest BCUT2D eigenvalue weighted by atomic mass is 10.0. The Balaban J connectivity index is 2.07. The highest BCUT2D eigenvalue weighted by atomic mass is 19.1. The molecular weight excluding hydrogens is 249 g/mol. The van der Waals surface area contributed by atoms with Gasteiger partial charge in [0.05, 0.1) is 11.8 Å². The first-order chi connectivity index (χ1) is 9.08. The Morgan fingerprint density at radius 2 is 2.32 bits per heavy atom. The molecule has 0 radical (unpaired) electrons. The standard InChI is InChI=1S/C13H16FN3O2/c1-9(18)16-10-3-2-6-17(8-10)13(19)11-4-5-15-7-12(11)14/h4-5,7,10H,2-3,6,8H2,1H3,(H,16,18). The van der Waals surface area contributed by atoms with E-state index in [4.69, 9.17) is 0 Å². The summed E-state index contributed by atoms with van der Waals surface area (Å²) in [6.07, 6.45) is 4.06. The number of halogens is 1. The van der Waals surface area contributed by atoms with Gasteiger partial charge in [-0.2, -0.15) is 0 Å². The zero-order chi connectivity index (χ0) is 13.8. The molecule has 1 N–H and O–H groups in total. The van der Waals surface area contributed by atoms with Crippen LogP contribution in [0, 0.1) is 5.82 Å². The van der Waals surface area contributed by atoms with Crippen molar-refractivity contribution < 1.29 is 14.0 Å². The molecule has 2 rings (SSSR count). The summed E-state index contributed by atoms with van der Waals surface area (Å²) >= 11 is 0. The van der Waals surface area contributed by atoms with Crippen molar-refractivity contribution in [2.45, 2.75) is 25.8 Å². The van der Waals surface area contributed by atoms with Gasteiger partial charge in [-0.1, -0.05) is 0 Å². The largest absolute Gasteiger partial charge is 0.352 e. The van der Waals surface area contributed by atoms with E-state index in [0.29, 0.717) is 13.1 Å². The van der Waals surface area contributed by atoms with Crippen LogP contribution in [0.25, 0.3) is 0 Å². The maximum Gasteiger partial charge on any atom is 0.257 e. The molecule has 1 atom stereocenters. The first-order valence-electron chi connectivity index (χ1n) is 6.24. The molecule has 0 spiro atoms. The Bertz CT molecular complexity index is 493. The second kappa shape index (κ2) is 5.77. The van der Waals surface area contributed by atoms with Gasteiger partial charge in [-0.3, -0.25) is 14.6 Å². The van der Waals surface area contributed by atoms with Gasteiger partial charge in [-0.15, -0.1) is 0 Å². The number of rotatable bonds is 2. The van der Waals surface area contributed by atoms with Crippen LogP contribution in [0.4, 0.5) is 4.39 Å². The van der Waals surface area contributed by atoms with Crippen LogP contribution in [0.3, 0.4) is 0 Å². The third-order valence-electron chi connectivity index (χ3n) is 3.12. The van der Waals surface area contributed by atoms with E-state index in [1.807, 2.05) is 0 Å². The number of carbonyl (C=O) groups excluding carboxylic acids is 2. The molecule has 0 aromatic carbocycles. The predicted molar refractivity (Wildman–Crippen MR) is 66.9 cm³/mol. The molecule has 1 aromatic heterocycles. The van der Waals surface area contributed by atoms with Crippen molar-refractivity contribution in [3.05, 3.63) is 29.8 Å². The maximum atomic E-state index is 13.5. The first-order valence-corrected chi connectivity index (χ1v) is 6.24. The monoisotopic (exact) mass is 265 g/mol. The molecule has 0 bridgehead atoms. The molecule has 2 amide bonds. The van der Waals surface area contributed by atoms with Gasteiger partial charge in [-0.25, -0.2) is 4.39 Å². The van der Waals surface area contributed by atoms with Crippen molar-refractivity contribution in [2.24, 2.45) is 0 Å². The van der Waals surface area contributed by atoms with Gasteiger partial charge >= 0.3 is 0 Å². The molecule has 5 nitrogen and oxygen atoms in total. The molecular formula is C13H16FN3O2. The highest BCUT2D eigenvalue weighted by molar-refractivity contribution is 5.94. The second-order valence-corrected chi connectivity index (χ2v) is 4.65. The van der Waals surface area contributed by atoms with Gasteiger partial charge in [0.2, 0.25) is 5.91 Å². The maximum absolute atomic E-state index is 13.5. The van der Waals surface area contributed by atoms with E-state index in [1.54, 1.807) is 4.90 Å². The topological polar surface area (TPSA) is 62.3 Å². The molecule has 0 aliphatic carbocycles. The van der Waals surface area contributed by atoms with Gasteiger partial charge < -0.3 is 10.2 Å². The fourth-order valence-corrected chi connectivity index (χ4v) is 2.29. The number of hydrogen-bond acceptors (Lipinski definition) is 3. The Morgan fingerprint density at radius 3 is 3.00 bits per heavy atom. The number of likely N-dealkylation sites (tertiary alicyclic amines) is 1. The molecule has 1 unspecified atom stereocenters. The van der Waals surface area contributed by atoms with Crippen molar-refractivity contribution in [3.63, 3.8) is 0 Å². The summed E-state index contributed by atoms with van der Waals surface area (Å²) in [5, 5.41) is 2.79. The van der Waals surface area contributed by atoms with Crippen LogP contribution in [-0.2, 0) is 4.79 Å². The zero-order valence-corrected chi connectivity index (χ0v) is 10.7. The number of carbonyl (C=O) groups is 2. The van der Waals surface area contributed by atoms with E-state index in [-0.39, 0.29) is 23.4 Å². The van der Waals surface area contributed by atoms with Crippen LogP contribution in [0.2, 0.25) is 0 Å². The van der Waals surface area contributed by atoms with Gasteiger partial charge in [0.15, 0.2) is 5.82 Å². The minimum Gasteiger partial charge on any atom is -0.352 e. The lowest BCUT2D eigenvalue weighted by Gasteiger charge is -2.33. The number of pyridine rings is 1. The second-order valence-electron chi connectivity index (χ2n) is 4.65. The first kappa shape index (κ1) is 13.5. The molecule has 1 aliphatic heterocycles. The van der Waals surface area contributed by atoms with Crippen LogP contribution in [-0.4, -0.2) is 40.8 Å². The molecule has 1 saturated heterocycles. The summed E-state index contributed by atoms with van der Waals surface area (Å²) in [5.74, 6) is -1.08. The molecule has 1 aromatic rings. The van der Waals surface area contributed by atoms with E-state index >= 15 is 0 Å². The van der Waals surface area contributed by atoms with Crippen molar-refractivity contribution >= 4 is 11.8 Å². The Labute approximate surface area is 110 Å². The predicted octanol–water partition coefficient (Wildman–Crippen LogP) is 0.961. The lowest BCUT2D eigenvalue weighted by molar-refractivity contribution is -0.120. The van der Waals surface area contributed by atoms with Crippen LogP contribution in [0.5, 0.6) is 0 Å². The molecule has 1 aliphatic rings. The molecule has 19 heavy (non-hydrogen) atoms. The summed E-state index contributed by atoms with van der Waals surface area (Å²) in [7, 11) is 0. The van der Waals surface area contributed by atoms with Crippen LogP contribution < -0.4 is 5.32 Å². The summed E-state index contributed by atoms with van der Waals surface area (Å²) in [4.78, 5) is 28.4. The SMILES string of the molecule is CC(=O)NC1CCCN(C(=O)c2ccncc2F)C1. The highest BCUT2D eigenvalue weighted by Gasteiger charge is 2.26. The Kier molecular flexibility index (Phi) is 4.09. The normalized spacial score (nSPS) is 19.1. The molecule has 6 heteroatoms. The van der Waals surface area contributed by atoms with Gasteiger partial charge in [0.25, 0.3) is 5.91 Å². The number of amides is 2. The third-order valence-corrected chi connectivity index (χ3v) is 3.12. The quantitative estimate of drug-likeness (QED) is 0.866. The minimum absolute atomic E-state index is 0.0264. The molecule has 2 heterocycles.